The molecule has 0 radical (unpaired) electrons. The third-order valence-corrected chi connectivity index (χ3v) is 7.32. The van der Waals surface area contributed by atoms with Gasteiger partial charge in [0.05, 0.1) is 23.5 Å². The fourth-order valence-corrected chi connectivity index (χ4v) is 5.15. The van der Waals surface area contributed by atoms with Crippen LogP contribution in [0.4, 0.5) is 5.69 Å². The second kappa shape index (κ2) is 8.56. The van der Waals surface area contributed by atoms with Crippen molar-refractivity contribution in [3.63, 3.8) is 0 Å². The number of aryl methyl sites for hydroxylation is 2. The minimum absolute atomic E-state index is 0.0692. The first-order chi connectivity index (χ1) is 14.2. The molecule has 0 unspecified atom stereocenters. The van der Waals surface area contributed by atoms with E-state index >= 15 is 0 Å². The predicted molar refractivity (Wildman–Crippen MR) is 109 cm³/mol. The molecule has 12 heteroatoms. The van der Waals surface area contributed by atoms with Crippen LogP contribution in [0, 0.1) is 12.8 Å². The van der Waals surface area contributed by atoms with E-state index in [1.54, 1.807) is 24.9 Å². The molecule has 164 valence electrons. The van der Waals surface area contributed by atoms with E-state index in [9.17, 15) is 18.0 Å². The largest absolute Gasteiger partial charge is 0.354 e. The lowest BCUT2D eigenvalue weighted by Gasteiger charge is -2.31. The molecule has 2 aromatic rings. The maximum absolute atomic E-state index is 13.0. The first-order valence-corrected chi connectivity index (χ1v) is 11.2. The summed E-state index contributed by atoms with van der Waals surface area (Å²) in [5.74, 6) is -1.27. The molecule has 1 aliphatic heterocycles. The molecule has 0 saturated carbocycles. The van der Waals surface area contributed by atoms with Crippen LogP contribution in [0.3, 0.4) is 0 Å². The molecule has 0 aliphatic carbocycles. The SMILES string of the molecule is CCn1cc(NC(=O)[C@@H]2CCCN(S(=O)(=O)c3cnn(C)c3C)C2)c(C(=O)NC)n1. The van der Waals surface area contributed by atoms with Gasteiger partial charge in [0.25, 0.3) is 5.91 Å². The Labute approximate surface area is 175 Å². The molecule has 3 rings (SSSR count). The Morgan fingerprint density at radius 2 is 2.07 bits per heavy atom. The normalized spacial score (nSPS) is 17.7. The Kier molecular flexibility index (Phi) is 6.27. The number of anilines is 1. The molecule has 0 spiro atoms. The number of aromatic nitrogens is 4. The fourth-order valence-electron chi connectivity index (χ4n) is 3.44. The van der Waals surface area contributed by atoms with E-state index in [-0.39, 0.29) is 23.0 Å². The number of piperidine rings is 1. The van der Waals surface area contributed by atoms with Crippen LogP contribution in [0.1, 0.15) is 35.9 Å². The molecule has 30 heavy (non-hydrogen) atoms. The summed E-state index contributed by atoms with van der Waals surface area (Å²) in [5.41, 5.74) is 0.979. The number of nitrogens with zero attached hydrogens (tertiary/aromatic N) is 5. The Morgan fingerprint density at radius 3 is 2.67 bits per heavy atom. The van der Waals surface area contributed by atoms with Gasteiger partial charge in [0.2, 0.25) is 15.9 Å². The summed E-state index contributed by atoms with van der Waals surface area (Å²) in [6, 6.07) is 0. The molecular weight excluding hydrogens is 410 g/mol. The van der Waals surface area contributed by atoms with Crippen LogP contribution >= 0.6 is 0 Å². The van der Waals surface area contributed by atoms with Gasteiger partial charge in [-0.1, -0.05) is 0 Å². The summed E-state index contributed by atoms with van der Waals surface area (Å²) in [4.78, 5) is 25.1. The number of sulfonamides is 1. The van der Waals surface area contributed by atoms with Crippen LogP contribution < -0.4 is 10.6 Å². The average molecular weight is 438 g/mol. The van der Waals surface area contributed by atoms with Gasteiger partial charge in [-0.25, -0.2) is 8.42 Å². The van der Waals surface area contributed by atoms with Crippen molar-refractivity contribution in [2.45, 2.75) is 38.1 Å². The zero-order valence-corrected chi connectivity index (χ0v) is 18.4. The van der Waals surface area contributed by atoms with E-state index in [0.29, 0.717) is 37.3 Å². The summed E-state index contributed by atoms with van der Waals surface area (Å²) in [5, 5.41) is 13.5. The van der Waals surface area contributed by atoms with Crippen molar-refractivity contribution in [2.24, 2.45) is 13.0 Å². The molecule has 1 aliphatic rings. The van der Waals surface area contributed by atoms with E-state index in [0.717, 1.165) is 0 Å². The van der Waals surface area contributed by atoms with Gasteiger partial charge >= 0.3 is 0 Å². The number of hydrogen-bond donors (Lipinski definition) is 2. The summed E-state index contributed by atoms with van der Waals surface area (Å²) >= 11 is 0. The van der Waals surface area contributed by atoms with Gasteiger partial charge in [-0.2, -0.15) is 14.5 Å². The Balaban J connectivity index is 1.78. The van der Waals surface area contributed by atoms with E-state index in [1.807, 2.05) is 6.92 Å². The minimum Gasteiger partial charge on any atom is -0.354 e. The Bertz CT molecular complexity index is 1060. The van der Waals surface area contributed by atoms with Gasteiger partial charge < -0.3 is 10.6 Å². The number of amides is 2. The molecule has 2 amide bonds. The lowest BCUT2D eigenvalue weighted by molar-refractivity contribution is -0.120. The maximum Gasteiger partial charge on any atom is 0.273 e. The number of nitrogens with one attached hydrogen (secondary N) is 2. The lowest BCUT2D eigenvalue weighted by Crippen LogP contribution is -2.43. The highest BCUT2D eigenvalue weighted by Gasteiger charge is 2.35. The van der Waals surface area contributed by atoms with E-state index in [1.165, 1.54) is 22.2 Å². The summed E-state index contributed by atoms with van der Waals surface area (Å²) < 4.78 is 30.5. The Morgan fingerprint density at radius 1 is 1.33 bits per heavy atom. The van der Waals surface area contributed by atoms with E-state index < -0.39 is 21.8 Å². The van der Waals surface area contributed by atoms with E-state index in [2.05, 4.69) is 20.8 Å². The summed E-state index contributed by atoms with van der Waals surface area (Å²) in [6.07, 6.45) is 4.05. The minimum atomic E-state index is -3.75. The van der Waals surface area contributed by atoms with Crippen molar-refractivity contribution >= 4 is 27.5 Å². The predicted octanol–water partition coefficient (Wildman–Crippen LogP) is 0.344. The van der Waals surface area contributed by atoms with Crippen molar-refractivity contribution in [1.29, 1.82) is 0 Å². The van der Waals surface area contributed by atoms with Crippen molar-refractivity contribution in [2.75, 3.05) is 25.5 Å². The number of carbonyl (C=O) groups is 2. The van der Waals surface area contributed by atoms with Crippen LogP contribution in [0.2, 0.25) is 0 Å². The maximum atomic E-state index is 13.0. The summed E-state index contributed by atoms with van der Waals surface area (Å²) in [7, 11) is -0.576. The monoisotopic (exact) mass is 437 g/mol. The van der Waals surface area contributed by atoms with Crippen LogP contribution in [-0.2, 0) is 28.4 Å². The molecular formula is C18H27N7O4S. The topological polar surface area (TPSA) is 131 Å². The second-order valence-electron chi connectivity index (χ2n) is 7.24. The van der Waals surface area contributed by atoms with Gasteiger partial charge in [-0.3, -0.25) is 19.0 Å². The molecule has 2 N–H and O–H groups in total. The van der Waals surface area contributed by atoms with Crippen molar-refractivity contribution in [3.05, 3.63) is 23.8 Å². The van der Waals surface area contributed by atoms with Gasteiger partial charge in [0, 0.05) is 39.9 Å². The third-order valence-electron chi connectivity index (χ3n) is 5.35. The van der Waals surface area contributed by atoms with Gasteiger partial charge in [0.1, 0.15) is 4.90 Å². The quantitative estimate of drug-likeness (QED) is 0.670. The van der Waals surface area contributed by atoms with Crippen LogP contribution in [-0.4, -0.2) is 64.2 Å². The highest BCUT2D eigenvalue weighted by Crippen LogP contribution is 2.26. The molecule has 0 aromatic carbocycles. The average Bonchev–Trinajstić information content (AvgIpc) is 3.30. The van der Waals surface area contributed by atoms with Crippen molar-refractivity contribution in [1.82, 2.24) is 29.2 Å². The molecule has 1 saturated heterocycles. The third kappa shape index (κ3) is 4.10. The zero-order chi connectivity index (χ0) is 22.1. The number of rotatable bonds is 6. The molecule has 11 nitrogen and oxygen atoms in total. The first kappa shape index (κ1) is 22.0. The van der Waals surface area contributed by atoms with Crippen molar-refractivity contribution in [3.8, 4) is 0 Å². The van der Waals surface area contributed by atoms with Gasteiger partial charge in [-0.15, -0.1) is 0 Å². The van der Waals surface area contributed by atoms with Crippen LogP contribution in [0.5, 0.6) is 0 Å². The Hall–Kier alpha value is -2.73. The number of carbonyl (C=O) groups excluding carboxylic acids is 2. The molecule has 2 aromatic heterocycles. The van der Waals surface area contributed by atoms with E-state index in [4.69, 9.17) is 0 Å². The molecule has 1 atom stereocenters. The number of hydrogen-bond acceptors (Lipinski definition) is 6. The van der Waals surface area contributed by atoms with Gasteiger partial charge in [-0.05, 0) is 26.7 Å². The van der Waals surface area contributed by atoms with Gasteiger partial charge in [0.15, 0.2) is 5.69 Å². The zero-order valence-electron chi connectivity index (χ0n) is 17.5. The first-order valence-electron chi connectivity index (χ1n) is 9.78. The second-order valence-corrected chi connectivity index (χ2v) is 9.14. The fraction of sp³-hybridized carbons (Fsp3) is 0.556. The van der Waals surface area contributed by atoms with Crippen LogP contribution in [0.15, 0.2) is 17.3 Å². The summed E-state index contributed by atoms with van der Waals surface area (Å²) in [6.45, 7) is 4.52. The molecule has 1 fully saturated rings. The molecule has 0 bridgehead atoms. The standard InChI is InChI=1S/C18H27N7O4S/c1-5-24-11-14(16(22-24)18(27)19-3)21-17(26)13-7-6-8-25(10-13)30(28,29)15-9-20-23(4)12(15)2/h9,11,13H,5-8,10H2,1-4H3,(H,19,27)(H,21,26)/t13-/m1/s1. The molecule has 3 heterocycles. The van der Waals surface area contributed by atoms with Crippen LogP contribution in [0.25, 0.3) is 0 Å². The lowest BCUT2D eigenvalue weighted by atomic mass is 9.99. The highest BCUT2D eigenvalue weighted by atomic mass is 32.2. The highest BCUT2D eigenvalue weighted by molar-refractivity contribution is 7.89. The van der Waals surface area contributed by atoms with Crippen molar-refractivity contribution < 1.29 is 18.0 Å². The smallest absolute Gasteiger partial charge is 0.273 e.